The second-order valence-electron chi connectivity index (χ2n) is 7.34. The number of hydrogen-bond donors (Lipinski definition) is 2. The highest BCUT2D eigenvalue weighted by Gasteiger charge is 2.33. The van der Waals surface area contributed by atoms with Crippen molar-refractivity contribution in [1.82, 2.24) is 9.88 Å². The number of anilines is 1. The molecule has 0 fully saturated rings. The maximum atomic E-state index is 13.0. The van der Waals surface area contributed by atoms with Gasteiger partial charge in [-0.15, -0.1) is 0 Å². The number of carbonyl (C=O) groups is 2. The molecule has 9 heteroatoms. The number of nitrogens with zero attached hydrogens (tertiary/aromatic N) is 1. The van der Waals surface area contributed by atoms with Gasteiger partial charge in [0.15, 0.2) is 0 Å². The lowest BCUT2D eigenvalue weighted by Gasteiger charge is -2.08. The lowest BCUT2D eigenvalue weighted by molar-refractivity contribution is -0.137. The molecule has 3 aromatic rings. The monoisotopic (exact) mass is 443 g/mol. The van der Waals surface area contributed by atoms with Crippen molar-refractivity contribution in [2.45, 2.75) is 12.7 Å². The van der Waals surface area contributed by atoms with Gasteiger partial charge in [0.2, 0.25) is 5.91 Å². The summed E-state index contributed by atoms with van der Waals surface area (Å²) >= 11 is 0. The molecule has 2 N–H and O–H groups in total. The van der Waals surface area contributed by atoms with Crippen molar-refractivity contribution >= 4 is 40.1 Å². The standard InChI is InChI=1S/C23H20F3N3O3/c1-32-9-8-27-21(30)13-29-12-14(16-4-2-3-5-20(16)29)10-18-17-7-6-15(23(24,25)26)11-19(17)28-22(18)31/h2-7,10-12H,8-9,13H2,1H3,(H,27,30)(H,28,31)/b18-10+. The van der Waals surface area contributed by atoms with Crippen LogP contribution >= 0.6 is 0 Å². The molecule has 166 valence electrons. The topological polar surface area (TPSA) is 72.4 Å². The zero-order chi connectivity index (χ0) is 22.9. The van der Waals surface area contributed by atoms with Crippen LogP contribution in [0, 0.1) is 0 Å². The van der Waals surface area contributed by atoms with Crippen LogP contribution in [0.15, 0.2) is 48.7 Å². The minimum Gasteiger partial charge on any atom is -0.383 e. The van der Waals surface area contributed by atoms with E-state index in [1.165, 1.54) is 6.07 Å². The molecular weight excluding hydrogens is 423 g/mol. The molecule has 1 aliphatic rings. The zero-order valence-corrected chi connectivity index (χ0v) is 17.1. The number of amides is 2. The van der Waals surface area contributed by atoms with Gasteiger partial charge in [-0.2, -0.15) is 13.2 Å². The summed E-state index contributed by atoms with van der Waals surface area (Å²) in [5.74, 6) is -0.667. The molecule has 0 saturated carbocycles. The molecule has 6 nitrogen and oxygen atoms in total. The Labute approximate surface area is 181 Å². The van der Waals surface area contributed by atoms with Crippen molar-refractivity contribution in [2.24, 2.45) is 0 Å². The Balaban J connectivity index is 1.69. The van der Waals surface area contributed by atoms with Gasteiger partial charge >= 0.3 is 6.18 Å². The molecule has 0 atom stereocenters. The smallest absolute Gasteiger partial charge is 0.383 e. The Morgan fingerprint density at radius 2 is 2.00 bits per heavy atom. The minimum absolute atomic E-state index is 0.0745. The van der Waals surface area contributed by atoms with Crippen LogP contribution in [0.1, 0.15) is 16.7 Å². The molecule has 1 aromatic heterocycles. The van der Waals surface area contributed by atoms with Gasteiger partial charge in [-0.3, -0.25) is 9.59 Å². The second-order valence-corrected chi connectivity index (χ2v) is 7.34. The number of hydrogen-bond acceptors (Lipinski definition) is 3. The van der Waals surface area contributed by atoms with E-state index in [0.717, 1.165) is 23.0 Å². The van der Waals surface area contributed by atoms with Crippen molar-refractivity contribution in [1.29, 1.82) is 0 Å². The Morgan fingerprint density at radius 1 is 1.22 bits per heavy atom. The van der Waals surface area contributed by atoms with Crippen LogP contribution in [0.25, 0.3) is 22.6 Å². The summed E-state index contributed by atoms with van der Waals surface area (Å²) in [5, 5.41) is 6.08. The number of fused-ring (bicyclic) bond motifs is 2. The van der Waals surface area contributed by atoms with Crippen LogP contribution in [0.4, 0.5) is 18.9 Å². The molecule has 0 radical (unpaired) electrons. The maximum Gasteiger partial charge on any atom is 0.416 e. The lowest BCUT2D eigenvalue weighted by Crippen LogP contribution is -2.30. The first-order valence-electron chi connectivity index (χ1n) is 9.86. The SMILES string of the molecule is COCCNC(=O)Cn1cc(/C=C2/C(=O)Nc3cc(C(F)(F)F)ccc32)c2ccccc21. The molecule has 0 saturated heterocycles. The fourth-order valence-corrected chi connectivity index (χ4v) is 3.69. The van der Waals surface area contributed by atoms with E-state index < -0.39 is 17.6 Å². The molecule has 0 unspecified atom stereocenters. The van der Waals surface area contributed by atoms with Gasteiger partial charge in [0, 0.05) is 53.1 Å². The lowest BCUT2D eigenvalue weighted by atomic mass is 10.0. The van der Waals surface area contributed by atoms with E-state index in [9.17, 15) is 22.8 Å². The van der Waals surface area contributed by atoms with Gasteiger partial charge in [-0.05, 0) is 24.3 Å². The molecule has 2 amide bonds. The first kappa shape index (κ1) is 21.6. The van der Waals surface area contributed by atoms with Crippen LogP contribution in [0.5, 0.6) is 0 Å². The average Bonchev–Trinajstić information content (AvgIpc) is 3.25. The summed E-state index contributed by atoms with van der Waals surface area (Å²) in [6.07, 6.45) is -1.11. The first-order chi connectivity index (χ1) is 15.3. The summed E-state index contributed by atoms with van der Waals surface area (Å²) in [4.78, 5) is 24.8. The maximum absolute atomic E-state index is 13.0. The minimum atomic E-state index is -4.50. The number of para-hydroxylation sites is 1. The fraction of sp³-hybridized carbons (Fsp3) is 0.217. The van der Waals surface area contributed by atoms with E-state index in [1.807, 2.05) is 24.3 Å². The molecule has 0 bridgehead atoms. The summed E-state index contributed by atoms with van der Waals surface area (Å²) < 4.78 is 45.7. The van der Waals surface area contributed by atoms with Crippen LogP contribution < -0.4 is 10.6 Å². The number of ether oxygens (including phenoxy) is 1. The number of methoxy groups -OCH3 is 1. The third-order valence-corrected chi connectivity index (χ3v) is 5.19. The number of alkyl halides is 3. The molecule has 1 aliphatic heterocycles. The summed E-state index contributed by atoms with van der Waals surface area (Å²) in [5.41, 5.74) is 1.44. The van der Waals surface area contributed by atoms with Gasteiger partial charge in [-0.25, -0.2) is 0 Å². The third kappa shape index (κ3) is 4.24. The Bertz CT molecular complexity index is 1230. The molecule has 2 heterocycles. The van der Waals surface area contributed by atoms with E-state index in [-0.39, 0.29) is 23.7 Å². The van der Waals surface area contributed by atoms with Crippen molar-refractivity contribution in [3.8, 4) is 0 Å². The van der Waals surface area contributed by atoms with Crippen molar-refractivity contribution in [3.63, 3.8) is 0 Å². The average molecular weight is 443 g/mol. The molecule has 0 aliphatic carbocycles. The van der Waals surface area contributed by atoms with E-state index in [2.05, 4.69) is 10.6 Å². The summed E-state index contributed by atoms with van der Waals surface area (Å²) in [6, 6.07) is 10.6. The predicted octanol–water partition coefficient (Wildman–Crippen LogP) is 3.92. The zero-order valence-electron chi connectivity index (χ0n) is 17.1. The van der Waals surface area contributed by atoms with Gasteiger partial charge in [0.25, 0.3) is 5.91 Å². The molecule has 2 aromatic carbocycles. The van der Waals surface area contributed by atoms with Gasteiger partial charge in [0.1, 0.15) is 6.54 Å². The van der Waals surface area contributed by atoms with Crippen molar-refractivity contribution < 1.29 is 27.5 Å². The number of benzene rings is 2. The van der Waals surface area contributed by atoms with Crippen molar-refractivity contribution in [3.05, 3.63) is 65.4 Å². The van der Waals surface area contributed by atoms with E-state index >= 15 is 0 Å². The predicted molar refractivity (Wildman–Crippen MR) is 115 cm³/mol. The number of aromatic nitrogens is 1. The summed E-state index contributed by atoms with van der Waals surface area (Å²) in [6.45, 7) is 0.869. The first-order valence-corrected chi connectivity index (χ1v) is 9.86. The Kier molecular flexibility index (Phi) is 5.75. The van der Waals surface area contributed by atoms with Crippen LogP contribution in [-0.4, -0.2) is 36.6 Å². The molecular formula is C23H20F3N3O3. The normalized spacial score (nSPS) is 14.6. The van der Waals surface area contributed by atoms with Gasteiger partial charge in [0.05, 0.1) is 12.2 Å². The van der Waals surface area contributed by atoms with Crippen LogP contribution in [0.2, 0.25) is 0 Å². The second kappa shape index (κ2) is 8.51. The fourth-order valence-electron chi connectivity index (χ4n) is 3.69. The number of carbonyl (C=O) groups excluding carboxylic acids is 2. The van der Waals surface area contributed by atoms with Crippen LogP contribution in [0.3, 0.4) is 0 Å². The summed E-state index contributed by atoms with van der Waals surface area (Å²) in [7, 11) is 1.55. The molecule has 0 spiro atoms. The van der Waals surface area contributed by atoms with Crippen LogP contribution in [-0.2, 0) is 27.0 Å². The largest absolute Gasteiger partial charge is 0.416 e. The van der Waals surface area contributed by atoms with E-state index in [0.29, 0.717) is 24.3 Å². The quantitative estimate of drug-likeness (QED) is 0.448. The molecule has 4 rings (SSSR count). The van der Waals surface area contributed by atoms with Crippen molar-refractivity contribution in [2.75, 3.05) is 25.6 Å². The molecule has 32 heavy (non-hydrogen) atoms. The van der Waals surface area contributed by atoms with Gasteiger partial charge < -0.3 is 19.9 Å². The number of halogens is 3. The number of nitrogens with one attached hydrogen (secondary N) is 2. The Morgan fingerprint density at radius 3 is 2.75 bits per heavy atom. The van der Waals surface area contributed by atoms with E-state index in [1.54, 1.807) is 23.9 Å². The number of rotatable bonds is 6. The van der Waals surface area contributed by atoms with Gasteiger partial charge in [-0.1, -0.05) is 24.3 Å². The highest BCUT2D eigenvalue weighted by atomic mass is 19.4. The highest BCUT2D eigenvalue weighted by molar-refractivity contribution is 6.35. The highest BCUT2D eigenvalue weighted by Crippen LogP contribution is 2.39. The van der Waals surface area contributed by atoms with E-state index in [4.69, 9.17) is 4.74 Å². The Hall–Kier alpha value is -3.59. The third-order valence-electron chi connectivity index (χ3n) is 5.19.